The second kappa shape index (κ2) is 6.03. The molecule has 3 aromatic rings. The average Bonchev–Trinajstić information content (AvgIpc) is 3.19. The molecule has 4 heteroatoms. The fourth-order valence-electron chi connectivity index (χ4n) is 2.00. The Morgan fingerprint density at radius 1 is 0.727 bits per heavy atom. The first-order chi connectivity index (χ1) is 10.7. The lowest BCUT2D eigenvalue weighted by atomic mass is 10.00. The van der Waals surface area contributed by atoms with E-state index in [2.05, 4.69) is 56.2 Å². The van der Waals surface area contributed by atoms with E-state index in [-0.39, 0.29) is 0 Å². The van der Waals surface area contributed by atoms with E-state index in [1.54, 1.807) is 24.8 Å². The van der Waals surface area contributed by atoms with E-state index in [0.29, 0.717) is 0 Å². The minimum atomic E-state index is 0.876. The molecule has 0 bridgehead atoms. The van der Waals surface area contributed by atoms with Gasteiger partial charge in [-0.3, -0.25) is 10.2 Å². The lowest BCUT2D eigenvalue weighted by Crippen LogP contribution is -1.89. The highest BCUT2D eigenvalue weighted by Crippen LogP contribution is 2.15. The molecular formula is C18H14N4. The summed E-state index contributed by atoms with van der Waals surface area (Å²) in [6.45, 7) is 4.09. The van der Waals surface area contributed by atoms with Crippen LogP contribution in [0.5, 0.6) is 0 Å². The van der Waals surface area contributed by atoms with Crippen molar-refractivity contribution in [2.75, 3.05) is 0 Å². The van der Waals surface area contributed by atoms with Crippen LogP contribution in [-0.4, -0.2) is 20.4 Å². The van der Waals surface area contributed by atoms with Gasteiger partial charge >= 0.3 is 0 Å². The summed E-state index contributed by atoms with van der Waals surface area (Å²) < 4.78 is 0. The van der Waals surface area contributed by atoms with E-state index in [0.717, 1.165) is 33.4 Å². The SMILES string of the molecule is Cc1cc(C#Cc2cn[nH]c2)c(C)cc1C#Cc1cn[nH]c1. The molecule has 0 unspecified atom stereocenters. The van der Waals surface area contributed by atoms with Gasteiger partial charge in [0.1, 0.15) is 0 Å². The number of aryl methyl sites for hydroxylation is 2. The zero-order valence-corrected chi connectivity index (χ0v) is 12.4. The van der Waals surface area contributed by atoms with Crippen molar-refractivity contribution in [2.45, 2.75) is 13.8 Å². The Balaban J connectivity index is 1.91. The Morgan fingerprint density at radius 3 is 1.55 bits per heavy atom. The van der Waals surface area contributed by atoms with Gasteiger partial charge in [0.25, 0.3) is 0 Å². The molecule has 0 saturated carbocycles. The summed E-state index contributed by atoms with van der Waals surface area (Å²) >= 11 is 0. The Morgan fingerprint density at radius 2 is 1.18 bits per heavy atom. The van der Waals surface area contributed by atoms with Crippen molar-refractivity contribution in [3.05, 3.63) is 70.3 Å². The second-order valence-electron chi connectivity index (χ2n) is 4.96. The van der Waals surface area contributed by atoms with Crippen LogP contribution in [0.4, 0.5) is 0 Å². The van der Waals surface area contributed by atoms with Gasteiger partial charge in [0.2, 0.25) is 0 Å². The molecule has 2 aromatic heterocycles. The van der Waals surface area contributed by atoms with Gasteiger partial charge in [-0.2, -0.15) is 10.2 Å². The normalized spacial score (nSPS) is 9.55. The van der Waals surface area contributed by atoms with Crippen molar-refractivity contribution < 1.29 is 0 Å². The fourth-order valence-corrected chi connectivity index (χ4v) is 2.00. The van der Waals surface area contributed by atoms with E-state index in [4.69, 9.17) is 0 Å². The molecule has 3 rings (SSSR count). The fraction of sp³-hybridized carbons (Fsp3) is 0.111. The summed E-state index contributed by atoms with van der Waals surface area (Å²) in [4.78, 5) is 0. The van der Waals surface area contributed by atoms with Crippen LogP contribution in [0.3, 0.4) is 0 Å². The van der Waals surface area contributed by atoms with E-state index in [1.807, 2.05) is 13.8 Å². The van der Waals surface area contributed by atoms with Gasteiger partial charge in [0, 0.05) is 23.5 Å². The van der Waals surface area contributed by atoms with Crippen LogP contribution in [-0.2, 0) is 0 Å². The number of H-pyrrole nitrogens is 2. The summed E-state index contributed by atoms with van der Waals surface area (Å²) in [5.74, 6) is 12.5. The largest absolute Gasteiger partial charge is 0.284 e. The van der Waals surface area contributed by atoms with E-state index in [1.165, 1.54) is 0 Å². The standard InChI is InChI=1S/C18H14N4/c1-13-7-18(6-4-16-11-21-22-12-16)14(2)8-17(13)5-3-15-9-19-20-10-15/h7-12H,1-2H3,(H,19,20)(H,21,22). The Bertz CT molecular complexity index is 818. The Kier molecular flexibility index (Phi) is 3.76. The molecule has 4 nitrogen and oxygen atoms in total. The zero-order valence-electron chi connectivity index (χ0n) is 12.4. The minimum absolute atomic E-state index is 0.876. The molecule has 0 aliphatic carbocycles. The monoisotopic (exact) mass is 286 g/mol. The van der Waals surface area contributed by atoms with Crippen LogP contribution in [0, 0.1) is 37.5 Å². The molecule has 0 aliphatic rings. The smallest absolute Gasteiger partial charge is 0.0644 e. The van der Waals surface area contributed by atoms with Gasteiger partial charge in [-0.25, -0.2) is 0 Å². The van der Waals surface area contributed by atoms with Crippen molar-refractivity contribution in [2.24, 2.45) is 0 Å². The molecule has 2 N–H and O–H groups in total. The molecule has 106 valence electrons. The summed E-state index contributed by atoms with van der Waals surface area (Å²) in [6, 6.07) is 4.14. The number of aromatic nitrogens is 4. The van der Waals surface area contributed by atoms with Gasteiger partial charge in [-0.15, -0.1) is 0 Å². The highest BCUT2D eigenvalue weighted by Gasteiger charge is 2.01. The van der Waals surface area contributed by atoms with Crippen LogP contribution in [0.25, 0.3) is 0 Å². The van der Waals surface area contributed by atoms with E-state index >= 15 is 0 Å². The summed E-state index contributed by atoms with van der Waals surface area (Å²) in [5.41, 5.74) is 5.98. The van der Waals surface area contributed by atoms with Crippen molar-refractivity contribution in [1.82, 2.24) is 20.4 Å². The third-order valence-electron chi connectivity index (χ3n) is 3.25. The quantitative estimate of drug-likeness (QED) is 0.624. The maximum Gasteiger partial charge on any atom is 0.0644 e. The van der Waals surface area contributed by atoms with Crippen molar-refractivity contribution in [3.63, 3.8) is 0 Å². The maximum atomic E-state index is 3.88. The first-order valence-electron chi connectivity index (χ1n) is 6.85. The molecule has 0 spiro atoms. The third-order valence-corrected chi connectivity index (χ3v) is 3.25. The molecule has 2 heterocycles. The second-order valence-corrected chi connectivity index (χ2v) is 4.96. The summed E-state index contributed by atoms with van der Waals surface area (Å²) in [7, 11) is 0. The van der Waals surface area contributed by atoms with Crippen molar-refractivity contribution in [3.8, 4) is 23.7 Å². The van der Waals surface area contributed by atoms with Gasteiger partial charge in [0.05, 0.1) is 23.5 Å². The van der Waals surface area contributed by atoms with E-state index in [9.17, 15) is 0 Å². The molecule has 0 radical (unpaired) electrons. The van der Waals surface area contributed by atoms with E-state index < -0.39 is 0 Å². The predicted octanol–water partition coefficient (Wildman–Crippen LogP) is 2.55. The number of nitrogens with zero attached hydrogens (tertiary/aromatic N) is 2. The highest BCUT2D eigenvalue weighted by molar-refractivity contribution is 5.54. The highest BCUT2D eigenvalue weighted by atomic mass is 15.1. The lowest BCUT2D eigenvalue weighted by Gasteiger charge is -2.03. The predicted molar refractivity (Wildman–Crippen MR) is 85.1 cm³/mol. The molecule has 0 atom stereocenters. The Hall–Kier alpha value is -3.24. The number of hydrogen-bond donors (Lipinski definition) is 2. The molecule has 0 saturated heterocycles. The minimum Gasteiger partial charge on any atom is -0.284 e. The Labute approximate surface area is 129 Å². The average molecular weight is 286 g/mol. The maximum absolute atomic E-state index is 3.88. The summed E-state index contributed by atoms with van der Waals surface area (Å²) in [5, 5.41) is 13.3. The van der Waals surface area contributed by atoms with Gasteiger partial charge < -0.3 is 0 Å². The first-order valence-corrected chi connectivity index (χ1v) is 6.85. The van der Waals surface area contributed by atoms with Crippen LogP contribution in [0.1, 0.15) is 33.4 Å². The molecule has 0 amide bonds. The number of nitrogens with one attached hydrogen (secondary N) is 2. The van der Waals surface area contributed by atoms with Crippen LogP contribution in [0.15, 0.2) is 36.9 Å². The van der Waals surface area contributed by atoms with Gasteiger partial charge in [-0.1, -0.05) is 23.7 Å². The summed E-state index contributed by atoms with van der Waals surface area (Å²) in [6.07, 6.45) is 6.97. The lowest BCUT2D eigenvalue weighted by molar-refractivity contribution is 1.09. The molecule has 0 aliphatic heterocycles. The van der Waals surface area contributed by atoms with Crippen molar-refractivity contribution in [1.29, 1.82) is 0 Å². The van der Waals surface area contributed by atoms with Crippen LogP contribution >= 0.6 is 0 Å². The molecule has 1 aromatic carbocycles. The number of rotatable bonds is 0. The van der Waals surface area contributed by atoms with Crippen LogP contribution < -0.4 is 0 Å². The number of aromatic amines is 2. The van der Waals surface area contributed by atoms with Crippen molar-refractivity contribution >= 4 is 0 Å². The van der Waals surface area contributed by atoms with Gasteiger partial charge in [-0.05, 0) is 37.1 Å². The molecule has 0 fully saturated rings. The third kappa shape index (κ3) is 3.08. The van der Waals surface area contributed by atoms with Crippen LogP contribution in [0.2, 0.25) is 0 Å². The molecule has 22 heavy (non-hydrogen) atoms. The molecular weight excluding hydrogens is 272 g/mol. The number of hydrogen-bond acceptors (Lipinski definition) is 2. The van der Waals surface area contributed by atoms with Gasteiger partial charge in [0.15, 0.2) is 0 Å². The first kappa shape index (κ1) is 13.7. The topological polar surface area (TPSA) is 57.4 Å². The number of benzene rings is 1. The zero-order chi connectivity index (χ0) is 15.4.